The number of aryl methyl sites for hydroxylation is 1. The average molecular weight is 656 g/mol. The molecule has 5 rings (SSSR count). The average Bonchev–Trinajstić information content (AvgIpc) is 3.31. The molecular weight excluding hydrogens is 614 g/mol. The van der Waals surface area contributed by atoms with Crippen LogP contribution in [0.25, 0.3) is 11.3 Å². The zero-order valence-electron chi connectivity index (χ0n) is 27.0. The van der Waals surface area contributed by atoms with Gasteiger partial charge in [0.05, 0.1) is 0 Å². The Kier molecular flexibility index (Phi) is 9.97. The van der Waals surface area contributed by atoms with Crippen molar-refractivity contribution in [2.75, 3.05) is 10.7 Å². The molecule has 0 bridgehead atoms. The molecular formula is C33H41FN4O5PS+. The minimum atomic E-state index is -2.71. The Hall–Kier alpha value is -3.53. The van der Waals surface area contributed by atoms with Crippen LogP contribution in [-0.4, -0.2) is 53.7 Å². The normalized spacial score (nSPS) is 18.2. The number of carbonyl (C=O) groups is 2. The summed E-state index contributed by atoms with van der Waals surface area (Å²) < 4.78 is 41.4. The van der Waals surface area contributed by atoms with Crippen LogP contribution in [0.1, 0.15) is 66.0 Å². The number of hydrogen-bond donors (Lipinski definition) is 1. The number of anilines is 1. The van der Waals surface area contributed by atoms with Gasteiger partial charge in [-0.25, -0.2) is 4.79 Å². The summed E-state index contributed by atoms with van der Waals surface area (Å²) >= 11 is 0. The van der Waals surface area contributed by atoms with Gasteiger partial charge < -0.3 is 10.5 Å². The molecule has 0 saturated carbocycles. The van der Waals surface area contributed by atoms with E-state index in [9.17, 15) is 13.8 Å². The van der Waals surface area contributed by atoms with Gasteiger partial charge in [-0.05, 0) is 20.8 Å². The number of primary amides is 1. The molecule has 0 radical (unpaired) electrons. The van der Waals surface area contributed by atoms with Gasteiger partial charge in [-0.1, -0.05) is 0 Å². The van der Waals surface area contributed by atoms with Crippen LogP contribution >= 0.6 is 7.83 Å². The molecule has 3 aromatic rings. The van der Waals surface area contributed by atoms with Crippen molar-refractivity contribution in [3.8, 4) is 11.3 Å². The predicted molar refractivity (Wildman–Crippen MR) is 181 cm³/mol. The Morgan fingerprint density at radius 1 is 1.16 bits per heavy atom. The van der Waals surface area contributed by atoms with Crippen LogP contribution < -0.4 is 10.6 Å². The Morgan fingerprint density at radius 2 is 1.80 bits per heavy atom. The molecule has 0 saturated heterocycles. The molecule has 2 N–H and O–H groups in total. The van der Waals surface area contributed by atoms with Crippen molar-refractivity contribution in [3.05, 3.63) is 65.6 Å². The van der Waals surface area contributed by atoms with Gasteiger partial charge >= 0.3 is 207 Å². The number of carbonyl (C=O) groups excluding carboxylic acids is 2. The maximum absolute atomic E-state index is 15.4. The first kappa shape index (κ1) is 34.3. The Bertz CT molecular complexity index is 1820. The van der Waals surface area contributed by atoms with Crippen molar-refractivity contribution in [2.45, 2.75) is 71.9 Å². The number of halogens is 1. The predicted octanol–water partition coefficient (Wildman–Crippen LogP) is 6.14. The second-order valence-corrected chi connectivity index (χ2v) is 16.7. The molecule has 0 spiro atoms. The van der Waals surface area contributed by atoms with E-state index >= 15 is 4.39 Å². The zero-order chi connectivity index (χ0) is 33.3. The quantitative estimate of drug-likeness (QED) is 0.267. The third kappa shape index (κ3) is 8.20. The van der Waals surface area contributed by atoms with Gasteiger partial charge in [0.15, 0.2) is 0 Å². The number of hydrogen-bond acceptors (Lipinski definition) is 6. The van der Waals surface area contributed by atoms with E-state index in [0.29, 0.717) is 21.6 Å². The van der Waals surface area contributed by atoms with Crippen LogP contribution in [0.5, 0.6) is 0 Å². The van der Waals surface area contributed by atoms with Crippen molar-refractivity contribution in [1.29, 1.82) is 0 Å². The van der Waals surface area contributed by atoms with E-state index in [1.54, 1.807) is 48.7 Å². The fourth-order valence-corrected chi connectivity index (χ4v) is 7.66. The first-order valence-electron chi connectivity index (χ1n) is 14.6. The summed E-state index contributed by atoms with van der Waals surface area (Å²) in [6.07, 6.45) is 1.28. The molecule has 240 valence electrons. The summed E-state index contributed by atoms with van der Waals surface area (Å²) in [5.41, 5.74) is 9.02. The fourth-order valence-electron chi connectivity index (χ4n) is 4.69. The van der Waals surface area contributed by atoms with E-state index in [4.69, 9.17) is 10.5 Å². The number of benzene rings is 2. The molecule has 1 atom stereocenters. The summed E-state index contributed by atoms with van der Waals surface area (Å²) in [5, 5.41) is 6.05. The molecule has 2 aliphatic rings. The van der Waals surface area contributed by atoms with E-state index < -0.39 is 27.0 Å². The first-order chi connectivity index (χ1) is 20.9. The van der Waals surface area contributed by atoms with Gasteiger partial charge in [-0.2, -0.15) is 0 Å². The first-order valence-corrected chi connectivity index (χ1v) is 17.3. The number of aromatic nitrogens is 2. The third-order valence-electron chi connectivity index (χ3n) is 6.99. The molecule has 2 aromatic carbocycles. The maximum atomic E-state index is 15.4. The molecule has 0 fully saturated rings. The van der Waals surface area contributed by atoms with Crippen LogP contribution in [0.2, 0.25) is 0 Å². The molecule has 1 unspecified atom stereocenters. The van der Waals surface area contributed by atoms with E-state index in [1.807, 2.05) is 64.3 Å². The second-order valence-electron chi connectivity index (χ2n) is 12.9. The van der Waals surface area contributed by atoms with E-state index in [-0.39, 0.29) is 30.0 Å². The summed E-state index contributed by atoms with van der Waals surface area (Å²) in [6.45, 7) is 13.4. The van der Waals surface area contributed by atoms with Crippen LogP contribution in [0.3, 0.4) is 0 Å². The second kappa shape index (κ2) is 13.1. The van der Waals surface area contributed by atoms with Crippen molar-refractivity contribution in [2.24, 2.45) is 18.2 Å². The minimum absolute atomic E-state index is 0.119. The van der Waals surface area contributed by atoms with E-state index in [0.717, 1.165) is 30.1 Å². The molecule has 3 heterocycles. The van der Waals surface area contributed by atoms with Gasteiger partial charge in [0.1, 0.15) is 5.60 Å². The zero-order valence-corrected chi connectivity index (χ0v) is 28.7. The standard InChI is InChI=1S/C28H30FN3O3PS.C5H11NO2/c1-6-37(34)14-12-25(33)32(17-18-7-9-19(10-8-18)22-11-13-31(5)30-22)23-15-20(21(29)16-24(23)37)26-35-27(36-26)28(2,3)4;1-5(2,3)8-4(6)7/h6-11,13,15-16H,12,14,17H2,1-5H3;1-3H3,(H2,6,7)/q+1;. The Balaban J connectivity index is 0.000000510. The van der Waals surface area contributed by atoms with E-state index in [2.05, 4.69) is 9.84 Å². The summed E-state index contributed by atoms with van der Waals surface area (Å²) in [4.78, 5) is 25.4. The monoisotopic (exact) mass is 655 g/mol. The molecule has 45 heavy (non-hydrogen) atoms. The molecule has 9 nitrogen and oxygen atoms in total. The summed E-state index contributed by atoms with van der Waals surface area (Å²) in [6, 6.07) is 12.8. The van der Waals surface area contributed by atoms with Gasteiger partial charge in [-0.15, -0.1) is 0 Å². The Morgan fingerprint density at radius 3 is 2.29 bits per heavy atom. The summed E-state index contributed by atoms with van der Waals surface area (Å²) in [5.74, 6) is -0.465. The number of amides is 2. The number of nitrogens with zero attached hydrogens (tertiary/aromatic N) is 3. The van der Waals surface area contributed by atoms with Crippen molar-refractivity contribution >= 4 is 51.4 Å². The number of fused-ring (bicyclic) bond motifs is 1. The summed E-state index contributed by atoms with van der Waals surface area (Å²) in [7, 11) is -0.00798. The Labute approximate surface area is 266 Å². The van der Waals surface area contributed by atoms with Crippen LogP contribution in [0.4, 0.5) is 14.9 Å². The van der Waals surface area contributed by atoms with Crippen LogP contribution in [-0.2, 0) is 37.4 Å². The van der Waals surface area contributed by atoms with E-state index in [1.165, 1.54) is 6.07 Å². The fraction of sp³-hybridized carbons (Fsp3) is 0.394. The number of nitrogens with two attached hydrogens (primary N) is 1. The SMILES string of the molecule is CC(C)(C)OC(N)=O.CC=S1(=O)CCC(=O)N(Cc2ccc(-c3ccn(C)n3)cc2)c2cc(C3=[P+]=C(C(C)(C)C)O3)c(F)cc21. The molecule has 12 heteroatoms. The number of ether oxygens (including phenoxy) is 2. The van der Waals surface area contributed by atoms with Crippen LogP contribution in [0.15, 0.2) is 53.6 Å². The molecule has 0 aliphatic carbocycles. The van der Waals surface area contributed by atoms with Gasteiger partial charge in [0.25, 0.3) is 0 Å². The topological polar surface area (TPSA) is 117 Å². The van der Waals surface area contributed by atoms with Crippen molar-refractivity contribution in [3.63, 3.8) is 0 Å². The third-order valence-corrected chi connectivity index (χ3v) is 11.1. The number of rotatable bonds is 4. The van der Waals surface area contributed by atoms with Crippen molar-refractivity contribution < 1.29 is 27.7 Å². The molecule has 1 aromatic heterocycles. The van der Waals surface area contributed by atoms with Crippen LogP contribution in [0, 0.1) is 11.2 Å². The van der Waals surface area contributed by atoms with Crippen molar-refractivity contribution in [1.82, 2.24) is 9.78 Å². The molecule has 2 amide bonds. The molecule has 2 aliphatic heterocycles. The van der Waals surface area contributed by atoms with Gasteiger partial charge in [-0.3, -0.25) is 4.68 Å². The van der Waals surface area contributed by atoms with Gasteiger partial charge in [0.2, 0.25) is 0 Å². The van der Waals surface area contributed by atoms with Gasteiger partial charge in [0, 0.05) is 13.2 Å².